The van der Waals surface area contributed by atoms with E-state index in [0.717, 1.165) is 49.9 Å². The fourth-order valence-electron chi connectivity index (χ4n) is 2.69. The van der Waals surface area contributed by atoms with Crippen molar-refractivity contribution in [2.75, 3.05) is 42.9 Å². The van der Waals surface area contributed by atoms with E-state index in [4.69, 9.17) is 0 Å². The minimum atomic E-state index is 0.252. The van der Waals surface area contributed by atoms with Gasteiger partial charge in [-0.15, -0.1) is 0 Å². The van der Waals surface area contributed by atoms with Gasteiger partial charge < -0.3 is 10.2 Å². The molecule has 0 unspecified atom stereocenters. The van der Waals surface area contributed by atoms with Crippen LogP contribution in [0.5, 0.6) is 0 Å². The molecule has 1 fully saturated rings. The molecule has 2 heterocycles. The third-order valence-corrected chi connectivity index (χ3v) is 3.93. The molecule has 0 spiro atoms. The molecule has 1 aliphatic rings. The van der Waals surface area contributed by atoms with Gasteiger partial charge in [-0.2, -0.15) is 0 Å². The maximum atomic E-state index is 4.49. The minimum absolute atomic E-state index is 0.252. The van der Waals surface area contributed by atoms with E-state index in [0.29, 0.717) is 0 Å². The first-order chi connectivity index (χ1) is 9.43. The Labute approximate surface area is 122 Å². The third kappa shape index (κ3) is 3.20. The number of piperazine rings is 1. The normalized spacial score (nSPS) is 17.4. The van der Waals surface area contributed by atoms with Gasteiger partial charge in [0.15, 0.2) is 0 Å². The molecule has 2 rings (SSSR count). The standard InChI is InChI=1S/C15H27N5/c1-6-16-13-12(2)14(18-11-17-13)19-7-9-20(10-8-19)15(3,4)5/h11H,6-10H2,1-5H3,(H,16,17,18). The zero-order chi connectivity index (χ0) is 14.8. The molecule has 0 atom stereocenters. The van der Waals surface area contributed by atoms with Gasteiger partial charge >= 0.3 is 0 Å². The van der Waals surface area contributed by atoms with E-state index in [-0.39, 0.29) is 5.54 Å². The first-order valence-electron chi connectivity index (χ1n) is 7.49. The Hall–Kier alpha value is -1.36. The Morgan fingerprint density at radius 2 is 1.80 bits per heavy atom. The molecule has 0 saturated carbocycles. The van der Waals surface area contributed by atoms with Gasteiger partial charge in [-0.3, -0.25) is 4.90 Å². The van der Waals surface area contributed by atoms with Crippen LogP contribution in [0.4, 0.5) is 11.6 Å². The van der Waals surface area contributed by atoms with Crippen LogP contribution in [-0.2, 0) is 0 Å². The molecule has 0 aromatic carbocycles. The first-order valence-corrected chi connectivity index (χ1v) is 7.49. The summed E-state index contributed by atoms with van der Waals surface area (Å²) in [4.78, 5) is 13.7. The number of anilines is 2. The maximum Gasteiger partial charge on any atom is 0.137 e. The highest BCUT2D eigenvalue weighted by atomic mass is 15.3. The van der Waals surface area contributed by atoms with Crippen LogP contribution in [0.2, 0.25) is 0 Å². The number of hydrogen-bond acceptors (Lipinski definition) is 5. The molecule has 0 aliphatic carbocycles. The molecule has 5 nitrogen and oxygen atoms in total. The Morgan fingerprint density at radius 1 is 1.15 bits per heavy atom. The van der Waals surface area contributed by atoms with Crippen molar-refractivity contribution in [3.05, 3.63) is 11.9 Å². The first kappa shape index (κ1) is 15.0. The van der Waals surface area contributed by atoms with E-state index in [2.05, 4.69) is 59.7 Å². The molecule has 112 valence electrons. The van der Waals surface area contributed by atoms with E-state index in [1.165, 1.54) is 0 Å². The lowest BCUT2D eigenvalue weighted by Crippen LogP contribution is -2.53. The zero-order valence-corrected chi connectivity index (χ0v) is 13.4. The Bertz CT molecular complexity index is 444. The van der Waals surface area contributed by atoms with Crippen LogP contribution in [0.15, 0.2) is 6.33 Å². The monoisotopic (exact) mass is 277 g/mol. The van der Waals surface area contributed by atoms with Crippen LogP contribution in [0.3, 0.4) is 0 Å². The van der Waals surface area contributed by atoms with E-state index >= 15 is 0 Å². The van der Waals surface area contributed by atoms with Crippen molar-refractivity contribution in [3.8, 4) is 0 Å². The molecular weight excluding hydrogens is 250 g/mol. The van der Waals surface area contributed by atoms with Crippen molar-refractivity contribution in [1.29, 1.82) is 0 Å². The van der Waals surface area contributed by atoms with Crippen molar-refractivity contribution >= 4 is 11.6 Å². The zero-order valence-electron chi connectivity index (χ0n) is 13.4. The minimum Gasteiger partial charge on any atom is -0.370 e. The van der Waals surface area contributed by atoms with Crippen molar-refractivity contribution in [2.24, 2.45) is 0 Å². The van der Waals surface area contributed by atoms with Gasteiger partial charge in [0, 0.05) is 43.8 Å². The second-order valence-electron chi connectivity index (χ2n) is 6.35. The lowest BCUT2D eigenvalue weighted by atomic mass is 10.0. The molecule has 0 bridgehead atoms. The molecule has 0 radical (unpaired) electrons. The number of aromatic nitrogens is 2. The van der Waals surface area contributed by atoms with E-state index in [1.54, 1.807) is 6.33 Å². The molecule has 1 aliphatic heterocycles. The van der Waals surface area contributed by atoms with Crippen LogP contribution >= 0.6 is 0 Å². The quantitative estimate of drug-likeness (QED) is 0.917. The fraction of sp³-hybridized carbons (Fsp3) is 0.733. The summed E-state index contributed by atoms with van der Waals surface area (Å²) in [6, 6.07) is 0. The van der Waals surface area contributed by atoms with E-state index in [1.807, 2.05) is 0 Å². The highest BCUT2D eigenvalue weighted by Gasteiger charge is 2.27. The summed E-state index contributed by atoms with van der Waals surface area (Å²) in [5, 5.41) is 3.30. The summed E-state index contributed by atoms with van der Waals surface area (Å²) in [7, 11) is 0. The molecule has 5 heteroatoms. The lowest BCUT2D eigenvalue weighted by molar-refractivity contribution is 0.128. The smallest absolute Gasteiger partial charge is 0.137 e. The van der Waals surface area contributed by atoms with Crippen LogP contribution in [0, 0.1) is 6.92 Å². The van der Waals surface area contributed by atoms with Crippen molar-refractivity contribution < 1.29 is 0 Å². The number of hydrogen-bond donors (Lipinski definition) is 1. The summed E-state index contributed by atoms with van der Waals surface area (Å²) < 4.78 is 0. The molecule has 1 saturated heterocycles. The van der Waals surface area contributed by atoms with E-state index in [9.17, 15) is 0 Å². The summed E-state index contributed by atoms with van der Waals surface area (Å²) in [6.45, 7) is 16.1. The summed E-state index contributed by atoms with van der Waals surface area (Å²) in [5.74, 6) is 2.03. The molecular formula is C15H27N5. The lowest BCUT2D eigenvalue weighted by Gasteiger charge is -2.42. The van der Waals surface area contributed by atoms with Crippen LogP contribution in [0.25, 0.3) is 0 Å². The van der Waals surface area contributed by atoms with E-state index < -0.39 is 0 Å². The Morgan fingerprint density at radius 3 is 2.35 bits per heavy atom. The maximum absolute atomic E-state index is 4.49. The summed E-state index contributed by atoms with van der Waals surface area (Å²) >= 11 is 0. The largest absolute Gasteiger partial charge is 0.370 e. The Balaban J connectivity index is 2.09. The average Bonchev–Trinajstić information content (AvgIpc) is 2.41. The fourth-order valence-corrected chi connectivity index (χ4v) is 2.69. The number of nitrogens with zero attached hydrogens (tertiary/aromatic N) is 4. The number of nitrogens with one attached hydrogen (secondary N) is 1. The van der Waals surface area contributed by atoms with Gasteiger partial charge in [0.05, 0.1) is 0 Å². The molecule has 1 aromatic heterocycles. The van der Waals surface area contributed by atoms with Gasteiger partial charge in [0.25, 0.3) is 0 Å². The summed E-state index contributed by atoms with van der Waals surface area (Å²) in [5.41, 5.74) is 1.40. The highest BCUT2D eigenvalue weighted by Crippen LogP contribution is 2.24. The van der Waals surface area contributed by atoms with Gasteiger partial charge in [-0.25, -0.2) is 9.97 Å². The second-order valence-corrected chi connectivity index (χ2v) is 6.35. The average molecular weight is 277 g/mol. The van der Waals surface area contributed by atoms with Gasteiger partial charge in [0.1, 0.15) is 18.0 Å². The Kier molecular flexibility index (Phi) is 4.48. The van der Waals surface area contributed by atoms with Gasteiger partial charge in [0.2, 0.25) is 0 Å². The van der Waals surface area contributed by atoms with Crippen molar-refractivity contribution in [3.63, 3.8) is 0 Å². The van der Waals surface area contributed by atoms with Gasteiger partial charge in [-0.05, 0) is 34.6 Å². The topological polar surface area (TPSA) is 44.3 Å². The van der Waals surface area contributed by atoms with Crippen LogP contribution < -0.4 is 10.2 Å². The SMILES string of the molecule is CCNc1ncnc(N2CCN(C(C)(C)C)CC2)c1C. The van der Waals surface area contributed by atoms with Crippen molar-refractivity contribution in [2.45, 2.75) is 40.2 Å². The third-order valence-electron chi connectivity index (χ3n) is 3.93. The predicted octanol–water partition coefficient (Wildman–Crippen LogP) is 2.14. The van der Waals surface area contributed by atoms with Crippen molar-refractivity contribution in [1.82, 2.24) is 14.9 Å². The number of rotatable bonds is 3. The summed E-state index contributed by atoms with van der Waals surface area (Å²) in [6.07, 6.45) is 1.66. The molecule has 1 aromatic rings. The molecule has 1 N–H and O–H groups in total. The van der Waals surface area contributed by atoms with Gasteiger partial charge in [-0.1, -0.05) is 0 Å². The van der Waals surface area contributed by atoms with Crippen LogP contribution in [0.1, 0.15) is 33.3 Å². The molecule has 0 amide bonds. The second kappa shape index (κ2) is 5.95. The molecule has 20 heavy (non-hydrogen) atoms. The van der Waals surface area contributed by atoms with Crippen LogP contribution in [-0.4, -0.2) is 53.1 Å². The highest BCUT2D eigenvalue weighted by molar-refractivity contribution is 5.58. The predicted molar refractivity (Wildman–Crippen MR) is 84.5 cm³/mol.